The normalized spacial score (nSPS) is 21.6. The Kier molecular flexibility index (Phi) is 9.70. The Balaban J connectivity index is 1.40. The highest BCUT2D eigenvalue weighted by molar-refractivity contribution is 5.78. The lowest BCUT2D eigenvalue weighted by Crippen LogP contribution is -2.51. The molecule has 8 nitrogen and oxygen atoms in total. The Morgan fingerprint density at radius 3 is 2.82 bits per heavy atom. The number of nitrogens with zero attached hydrogens (tertiary/aromatic N) is 2. The van der Waals surface area contributed by atoms with Gasteiger partial charge in [-0.15, -0.1) is 0 Å². The second kappa shape index (κ2) is 13.2. The van der Waals surface area contributed by atoms with Crippen LogP contribution in [-0.4, -0.2) is 76.0 Å². The molecule has 38 heavy (non-hydrogen) atoms. The molecular weight excluding hydrogens is 496 g/mol. The Labute approximate surface area is 220 Å². The molecule has 5 atom stereocenters. The van der Waals surface area contributed by atoms with Crippen LogP contribution in [0.1, 0.15) is 30.4 Å². The van der Waals surface area contributed by atoms with Gasteiger partial charge < -0.3 is 30.1 Å². The number of methoxy groups -OCH3 is 1. The molecule has 3 aromatic rings. The Morgan fingerprint density at radius 1 is 1.18 bits per heavy atom. The minimum atomic E-state index is -0.974. The molecule has 0 spiro atoms. The SMILES string of the molecule is COc1ccc2nccc(C[C@H](O)[C@@H]3CC[C@@H](NC/C=C/c4cc(F)ccc4F)[C@@H](C[C@H](O)CO)O3)c2n1. The zero-order chi connectivity index (χ0) is 27.1. The zero-order valence-electron chi connectivity index (χ0n) is 21.1. The van der Waals surface area contributed by atoms with Crippen LogP contribution in [0.15, 0.2) is 48.7 Å². The molecule has 204 valence electrons. The van der Waals surface area contributed by atoms with Crippen molar-refractivity contribution in [1.29, 1.82) is 0 Å². The van der Waals surface area contributed by atoms with Crippen molar-refractivity contribution in [2.75, 3.05) is 20.3 Å². The van der Waals surface area contributed by atoms with Gasteiger partial charge in [-0.25, -0.2) is 13.8 Å². The first kappa shape index (κ1) is 28.0. The van der Waals surface area contributed by atoms with Crippen molar-refractivity contribution in [2.24, 2.45) is 0 Å². The summed E-state index contributed by atoms with van der Waals surface area (Å²) in [6.45, 7) is -0.0471. The average molecular weight is 530 g/mol. The average Bonchev–Trinajstić information content (AvgIpc) is 2.93. The molecule has 1 aromatic carbocycles. The molecular formula is C28H33F2N3O5. The molecule has 4 rings (SSSR count). The first-order valence-electron chi connectivity index (χ1n) is 12.6. The smallest absolute Gasteiger partial charge is 0.213 e. The van der Waals surface area contributed by atoms with Crippen LogP contribution >= 0.6 is 0 Å². The number of pyridine rings is 2. The van der Waals surface area contributed by atoms with Crippen LogP contribution in [0.4, 0.5) is 8.78 Å². The Hall–Kier alpha value is -3.02. The van der Waals surface area contributed by atoms with Crippen molar-refractivity contribution >= 4 is 17.1 Å². The number of hydrogen-bond donors (Lipinski definition) is 4. The lowest BCUT2D eigenvalue weighted by Gasteiger charge is -2.39. The fourth-order valence-electron chi connectivity index (χ4n) is 4.74. The van der Waals surface area contributed by atoms with Crippen molar-refractivity contribution in [3.05, 3.63) is 71.4 Å². The highest BCUT2D eigenvalue weighted by Crippen LogP contribution is 2.28. The number of benzene rings is 1. The summed E-state index contributed by atoms with van der Waals surface area (Å²) < 4.78 is 38.7. The lowest BCUT2D eigenvalue weighted by atomic mass is 9.91. The van der Waals surface area contributed by atoms with Gasteiger partial charge in [0.2, 0.25) is 5.88 Å². The number of aromatic nitrogens is 2. The predicted molar refractivity (Wildman–Crippen MR) is 139 cm³/mol. The molecule has 3 heterocycles. The number of halogens is 2. The van der Waals surface area contributed by atoms with E-state index in [1.54, 1.807) is 18.3 Å². The molecule has 10 heteroatoms. The van der Waals surface area contributed by atoms with E-state index in [1.807, 2.05) is 12.1 Å². The molecule has 4 N–H and O–H groups in total. The minimum Gasteiger partial charge on any atom is -0.481 e. The molecule has 2 aromatic heterocycles. The molecule has 1 saturated heterocycles. The summed E-state index contributed by atoms with van der Waals surface area (Å²) in [4.78, 5) is 8.81. The third-order valence-electron chi connectivity index (χ3n) is 6.74. The van der Waals surface area contributed by atoms with Gasteiger partial charge in [0.25, 0.3) is 0 Å². The maximum atomic E-state index is 13.8. The van der Waals surface area contributed by atoms with Crippen molar-refractivity contribution < 1.29 is 33.6 Å². The third kappa shape index (κ3) is 7.09. The van der Waals surface area contributed by atoms with Gasteiger partial charge in [-0.05, 0) is 48.7 Å². The van der Waals surface area contributed by atoms with E-state index in [9.17, 15) is 24.1 Å². The fraction of sp³-hybridized carbons (Fsp3) is 0.429. The van der Waals surface area contributed by atoms with Crippen LogP contribution in [0.2, 0.25) is 0 Å². The number of fused-ring (bicyclic) bond motifs is 1. The second-order valence-corrected chi connectivity index (χ2v) is 9.41. The highest BCUT2D eigenvalue weighted by atomic mass is 19.1. The first-order valence-corrected chi connectivity index (χ1v) is 12.6. The molecule has 1 fully saturated rings. The molecule has 0 radical (unpaired) electrons. The van der Waals surface area contributed by atoms with E-state index in [4.69, 9.17) is 9.47 Å². The molecule has 0 amide bonds. The summed E-state index contributed by atoms with van der Waals surface area (Å²) in [5.41, 5.74) is 2.30. The molecule has 1 aliphatic rings. The summed E-state index contributed by atoms with van der Waals surface area (Å²) in [5.74, 6) is -0.576. The number of hydrogen-bond acceptors (Lipinski definition) is 8. The number of ether oxygens (including phenoxy) is 2. The highest BCUT2D eigenvalue weighted by Gasteiger charge is 2.35. The lowest BCUT2D eigenvalue weighted by molar-refractivity contribution is -0.130. The van der Waals surface area contributed by atoms with Crippen LogP contribution in [0.25, 0.3) is 17.1 Å². The Morgan fingerprint density at radius 2 is 2.03 bits per heavy atom. The maximum Gasteiger partial charge on any atom is 0.213 e. The first-order chi connectivity index (χ1) is 18.4. The van der Waals surface area contributed by atoms with Gasteiger partial charge in [0.15, 0.2) is 0 Å². The zero-order valence-corrected chi connectivity index (χ0v) is 21.1. The van der Waals surface area contributed by atoms with E-state index in [1.165, 1.54) is 13.2 Å². The van der Waals surface area contributed by atoms with Gasteiger partial charge in [-0.1, -0.05) is 12.2 Å². The Bertz CT molecular complexity index is 1240. The molecule has 0 aliphatic carbocycles. The molecule has 1 aliphatic heterocycles. The summed E-state index contributed by atoms with van der Waals surface area (Å²) in [6.07, 6.45) is 3.77. The number of rotatable bonds is 11. The second-order valence-electron chi connectivity index (χ2n) is 9.41. The van der Waals surface area contributed by atoms with Gasteiger partial charge in [-0.3, -0.25) is 4.98 Å². The van der Waals surface area contributed by atoms with Crippen LogP contribution < -0.4 is 10.1 Å². The van der Waals surface area contributed by atoms with Crippen LogP contribution in [0, 0.1) is 11.6 Å². The van der Waals surface area contributed by atoms with Gasteiger partial charge in [0.05, 0.1) is 49.2 Å². The van der Waals surface area contributed by atoms with E-state index in [2.05, 4.69) is 15.3 Å². The topological polar surface area (TPSA) is 117 Å². The summed E-state index contributed by atoms with van der Waals surface area (Å²) in [6, 6.07) is 8.45. The summed E-state index contributed by atoms with van der Waals surface area (Å²) in [5, 5.41) is 33.9. The van der Waals surface area contributed by atoms with Gasteiger partial charge >= 0.3 is 0 Å². The van der Waals surface area contributed by atoms with Crippen molar-refractivity contribution in [3.8, 4) is 5.88 Å². The van der Waals surface area contributed by atoms with Crippen molar-refractivity contribution in [1.82, 2.24) is 15.3 Å². The van der Waals surface area contributed by atoms with E-state index in [-0.39, 0.29) is 18.0 Å². The number of nitrogens with one attached hydrogen (secondary N) is 1. The number of aliphatic hydroxyl groups excluding tert-OH is 3. The largest absolute Gasteiger partial charge is 0.481 e. The van der Waals surface area contributed by atoms with Crippen LogP contribution in [0.3, 0.4) is 0 Å². The standard InChI is InChI=1S/C28H33F2N3O5/c1-37-27-9-7-23-28(33-27)18(10-12-32-23)14-24(36)25-8-6-22(26(38-25)15-20(35)16-34)31-11-2-3-17-13-19(29)4-5-21(17)30/h2-5,7,9-10,12-13,20,22,24-26,31,34-36H,6,8,11,14-16H2,1H3/b3-2+/t20-,22+,24-,25-,26+/m0/s1. The molecule has 0 saturated carbocycles. The van der Waals surface area contributed by atoms with Crippen molar-refractivity contribution in [2.45, 2.75) is 56.1 Å². The quantitative estimate of drug-likeness (QED) is 0.300. The van der Waals surface area contributed by atoms with E-state index < -0.39 is 42.7 Å². The number of aliphatic hydroxyl groups is 3. The molecule has 0 bridgehead atoms. The van der Waals surface area contributed by atoms with Gasteiger partial charge in [0.1, 0.15) is 11.6 Å². The van der Waals surface area contributed by atoms with E-state index in [0.29, 0.717) is 42.7 Å². The van der Waals surface area contributed by atoms with Crippen molar-refractivity contribution in [3.63, 3.8) is 0 Å². The van der Waals surface area contributed by atoms with Gasteiger partial charge in [-0.2, -0.15) is 0 Å². The monoisotopic (exact) mass is 529 g/mol. The van der Waals surface area contributed by atoms with E-state index in [0.717, 1.165) is 23.8 Å². The summed E-state index contributed by atoms with van der Waals surface area (Å²) >= 11 is 0. The maximum absolute atomic E-state index is 13.8. The molecule has 0 unspecified atom stereocenters. The summed E-state index contributed by atoms with van der Waals surface area (Å²) in [7, 11) is 1.54. The van der Waals surface area contributed by atoms with E-state index >= 15 is 0 Å². The minimum absolute atomic E-state index is 0.151. The third-order valence-corrected chi connectivity index (χ3v) is 6.74. The van der Waals surface area contributed by atoms with Gasteiger partial charge in [0, 0.05) is 43.3 Å². The van der Waals surface area contributed by atoms with Crippen LogP contribution in [0.5, 0.6) is 5.88 Å². The predicted octanol–water partition coefficient (Wildman–Crippen LogP) is 2.78. The van der Waals surface area contributed by atoms with Crippen LogP contribution in [-0.2, 0) is 11.2 Å². The fourth-order valence-corrected chi connectivity index (χ4v) is 4.74.